The van der Waals surface area contributed by atoms with E-state index < -0.39 is 15.1 Å². The molecule has 128 valence electrons. The molecule has 0 bridgehead atoms. The highest BCUT2D eigenvalue weighted by molar-refractivity contribution is 8.00. The van der Waals surface area contributed by atoms with Gasteiger partial charge < -0.3 is 16.4 Å². The molecule has 2 rings (SSSR count). The van der Waals surface area contributed by atoms with Crippen LogP contribution in [0, 0.1) is 0 Å². The highest BCUT2D eigenvalue weighted by Gasteiger charge is 2.35. The summed E-state index contributed by atoms with van der Waals surface area (Å²) in [5, 5.41) is -0.127. The van der Waals surface area contributed by atoms with Crippen molar-refractivity contribution in [1.82, 2.24) is 14.9 Å². The predicted octanol–water partition coefficient (Wildman–Crippen LogP) is 0.157. The number of nitrogens with two attached hydrogens (primary N) is 2. The van der Waals surface area contributed by atoms with Crippen molar-refractivity contribution in [3.05, 3.63) is 6.07 Å². The van der Waals surface area contributed by atoms with Gasteiger partial charge in [0.2, 0.25) is 5.91 Å². The van der Waals surface area contributed by atoms with Crippen LogP contribution in [0.1, 0.15) is 20.3 Å². The van der Waals surface area contributed by atoms with E-state index in [1.54, 1.807) is 11.8 Å². The molecule has 1 fully saturated rings. The minimum absolute atomic E-state index is 0.0334. The summed E-state index contributed by atoms with van der Waals surface area (Å²) >= 11 is 1.16. The monoisotopic (exact) mass is 359 g/mol. The van der Waals surface area contributed by atoms with Gasteiger partial charge in [0.25, 0.3) is 0 Å². The smallest absolute Gasteiger partial charge is 0.236 e. The van der Waals surface area contributed by atoms with Crippen LogP contribution in [0.2, 0.25) is 0 Å². The van der Waals surface area contributed by atoms with Gasteiger partial charge in [-0.05, 0) is 20.3 Å². The third kappa shape index (κ3) is 4.47. The molecule has 0 unspecified atom stereocenters. The molecule has 0 aliphatic carbocycles. The minimum Gasteiger partial charge on any atom is -0.383 e. The average molecular weight is 359 g/mol. The van der Waals surface area contributed by atoms with Gasteiger partial charge in [0, 0.05) is 18.7 Å². The first-order valence-corrected chi connectivity index (χ1v) is 9.99. The molecule has 8 nitrogen and oxygen atoms in total. The van der Waals surface area contributed by atoms with Gasteiger partial charge in [-0.25, -0.2) is 18.4 Å². The highest BCUT2D eigenvalue weighted by atomic mass is 32.2. The largest absolute Gasteiger partial charge is 0.383 e. The standard InChI is InChI=1S/C13H21N5O3S2/c1-3-18(9-4-5-23(20,21)7-9)12(19)8(2)22-13-16-10(14)6-11(15)17-13/h6,8-9H,3-5,7H2,1-2H3,(H4,14,15,16,17)/t8-,9+/m0/s1. The Kier molecular flexibility index (Phi) is 5.35. The van der Waals surface area contributed by atoms with Crippen molar-refractivity contribution in [2.75, 3.05) is 29.5 Å². The molecule has 10 heteroatoms. The normalized spacial score (nSPS) is 21.0. The Morgan fingerprint density at radius 2 is 2.04 bits per heavy atom. The number of anilines is 2. The Morgan fingerprint density at radius 3 is 2.52 bits per heavy atom. The van der Waals surface area contributed by atoms with E-state index in [1.165, 1.54) is 6.07 Å². The van der Waals surface area contributed by atoms with Crippen LogP contribution >= 0.6 is 11.8 Å². The number of hydrogen-bond donors (Lipinski definition) is 2. The number of aromatic nitrogens is 2. The number of nitrogens with zero attached hydrogens (tertiary/aromatic N) is 3. The summed E-state index contributed by atoms with van der Waals surface area (Å²) in [4.78, 5) is 22.4. The first-order chi connectivity index (χ1) is 10.7. The fourth-order valence-electron chi connectivity index (χ4n) is 2.57. The molecule has 23 heavy (non-hydrogen) atoms. The third-order valence-electron chi connectivity index (χ3n) is 3.65. The SMILES string of the molecule is CCN(C(=O)[C@H](C)Sc1nc(N)cc(N)n1)[C@@H]1CCS(=O)(=O)C1. The summed E-state index contributed by atoms with van der Waals surface area (Å²) in [5.74, 6) is 0.524. The van der Waals surface area contributed by atoms with Crippen molar-refractivity contribution in [3.8, 4) is 0 Å². The summed E-state index contributed by atoms with van der Waals surface area (Å²) in [6.07, 6.45) is 0.487. The van der Waals surface area contributed by atoms with Gasteiger partial charge in [0.15, 0.2) is 15.0 Å². The van der Waals surface area contributed by atoms with E-state index in [-0.39, 0.29) is 35.1 Å². The highest BCUT2D eigenvalue weighted by Crippen LogP contribution is 2.25. The lowest BCUT2D eigenvalue weighted by molar-refractivity contribution is -0.131. The van der Waals surface area contributed by atoms with E-state index in [4.69, 9.17) is 11.5 Å². The molecule has 0 radical (unpaired) electrons. The number of amides is 1. The van der Waals surface area contributed by atoms with Gasteiger partial charge >= 0.3 is 0 Å². The average Bonchev–Trinajstić information content (AvgIpc) is 2.78. The van der Waals surface area contributed by atoms with Crippen LogP contribution in [0.25, 0.3) is 0 Å². The van der Waals surface area contributed by atoms with Crippen LogP contribution in [-0.4, -0.2) is 58.5 Å². The molecular formula is C13H21N5O3S2. The van der Waals surface area contributed by atoms with Crippen molar-refractivity contribution in [2.45, 2.75) is 36.7 Å². The molecule has 2 heterocycles. The molecule has 2 atom stereocenters. The van der Waals surface area contributed by atoms with E-state index in [0.29, 0.717) is 18.1 Å². The van der Waals surface area contributed by atoms with Gasteiger partial charge in [-0.2, -0.15) is 0 Å². The Morgan fingerprint density at radius 1 is 1.43 bits per heavy atom. The predicted molar refractivity (Wildman–Crippen MR) is 90.6 cm³/mol. The second kappa shape index (κ2) is 6.91. The molecule has 0 aromatic carbocycles. The lowest BCUT2D eigenvalue weighted by Gasteiger charge is -2.29. The molecule has 0 spiro atoms. The van der Waals surface area contributed by atoms with Crippen molar-refractivity contribution >= 4 is 39.1 Å². The maximum atomic E-state index is 12.6. The van der Waals surface area contributed by atoms with Gasteiger partial charge in [-0.3, -0.25) is 4.79 Å². The fourth-order valence-corrected chi connectivity index (χ4v) is 5.17. The quantitative estimate of drug-likeness (QED) is 0.561. The molecular weight excluding hydrogens is 338 g/mol. The molecule has 1 aliphatic rings. The van der Waals surface area contributed by atoms with Gasteiger partial charge in [0.1, 0.15) is 11.6 Å². The number of carbonyl (C=O) groups is 1. The lowest BCUT2D eigenvalue weighted by Crippen LogP contribution is -2.44. The fraction of sp³-hybridized carbons (Fsp3) is 0.615. The first-order valence-electron chi connectivity index (χ1n) is 7.29. The zero-order valence-electron chi connectivity index (χ0n) is 13.1. The van der Waals surface area contributed by atoms with Gasteiger partial charge in [-0.15, -0.1) is 0 Å². The van der Waals surface area contributed by atoms with E-state index in [9.17, 15) is 13.2 Å². The zero-order valence-corrected chi connectivity index (χ0v) is 14.7. The van der Waals surface area contributed by atoms with E-state index >= 15 is 0 Å². The Hall–Kier alpha value is -1.55. The van der Waals surface area contributed by atoms with Crippen LogP contribution in [0.4, 0.5) is 11.6 Å². The number of carbonyl (C=O) groups excluding carboxylic acids is 1. The Bertz CT molecular complexity index is 675. The van der Waals surface area contributed by atoms with Gasteiger partial charge in [-0.1, -0.05) is 11.8 Å². The molecule has 1 aromatic rings. The summed E-state index contributed by atoms with van der Waals surface area (Å²) in [6, 6.07) is 1.19. The van der Waals surface area contributed by atoms with Crippen LogP contribution in [0.15, 0.2) is 11.2 Å². The molecule has 1 saturated heterocycles. The number of nitrogen functional groups attached to an aromatic ring is 2. The second-order valence-corrected chi connectivity index (χ2v) is 8.98. The minimum atomic E-state index is -3.04. The van der Waals surface area contributed by atoms with Gasteiger partial charge in [0.05, 0.1) is 16.8 Å². The Balaban J connectivity index is 2.08. The summed E-state index contributed by atoms with van der Waals surface area (Å²) in [7, 11) is -3.04. The van der Waals surface area contributed by atoms with Crippen LogP contribution in [-0.2, 0) is 14.6 Å². The number of sulfone groups is 1. The van der Waals surface area contributed by atoms with Crippen molar-refractivity contribution < 1.29 is 13.2 Å². The van der Waals surface area contributed by atoms with Crippen molar-refractivity contribution in [1.29, 1.82) is 0 Å². The van der Waals surface area contributed by atoms with Crippen molar-refractivity contribution in [3.63, 3.8) is 0 Å². The maximum Gasteiger partial charge on any atom is 0.236 e. The molecule has 4 N–H and O–H groups in total. The summed E-state index contributed by atoms with van der Waals surface area (Å²) in [5.41, 5.74) is 11.2. The first kappa shape index (κ1) is 17.8. The lowest BCUT2D eigenvalue weighted by atomic mass is 10.2. The van der Waals surface area contributed by atoms with Crippen LogP contribution in [0.3, 0.4) is 0 Å². The van der Waals surface area contributed by atoms with Crippen LogP contribution in [0.5, 0.6) is 0 Å². The molecule has 1 amide bonds. The number of rotatable bonds is 5. The van der Waals surface area contributed by atoms with Crippen molar-refractivity contribution in [2.24, 2.45) is 0 Å². The topological polar surface area (TPSA) is 132 Å². The maximum absolute atomic E-state index is 12.6. The van der Waals surface area contributed by atoms with E-state index in [2.05, 4.69) is 9.97 Å². The summed E-state index contributed by atoms with van der Waals surface area (Å²) < 4.78 is 23.3. The zero-order chi connectivity index (χ0) is 17.2. The molecule has 0 saturated carbocycles. The van der Waals surface area contributed by atoms with E-state index in [0.717, 1.165) is 11.8 Å². The Labute approximate surface area is 139 Å². The third-order valence-corrected chi connectivity index (χ3v) is 6.35. The second-order valence-electron chi connectivity index (χ2n) is 5.44. The van der Waals surface area contributed by atoms with Crippen LogP contribution < -0.4 is 11.5 Å². The molecule has 1 aliphatic heterocycles. The number of hydrogen-bond acceptors (Lipinski definition) is 8. The number of thioether (sulfide) groups is 1. The van der Waals surface area contributed by atoms with E-state index in [1.807, 2.05) is 6.92 Å². The molecule has 1 aromatic heterocycles. The summed E-state index contributed by atoms with van der Waals surface area (Å²) in [6.45, 7) is 4.04.